The number of alkyl halides is 3. The fraction of sp³-hybridized carbons (Fsp3) is 0.261. The molecular formula is C23H22F3N3O4. The van der Waals surface area contributed by atoms with Crippen LogP contribution < -0.4 is 4.74 Å². The molecule has 1 aromatic heterocycles. The number of amides is 1. The summed E-state index contributed by atoms with van der Waals surface area (Å²) in [5, 5.41) is 4.20. The highest BCUT2D eigenvalue weighted by molar-refractivity contribution is 5.95. The van der Waals surface area contributed by atoms with Crippen LogP contribution in [0.5, 0.6) is 5.75 Å². The summed E-state index contributed by atoms with van der Waals surface area (Å²) in [6.45, 7) is 0.246. The minimum Gasteiger partial charge on any atom is -0.493 e. The Morgan fingerprint density at radius 3 is 2.42 bits per heavy atom. The standard InChI is InChI=1S/C23H22F3N3O4/c1-32-19-15-29(18-10-6-9-17(13-18)23(24,25)26)27-21(19)22(31)28(12-11-20(30)33-2)14-16-7-4-3-5-8-16/h3-10,13,15H,11-12,14H2,1-2H3. The van der Waals surface area contributed by atoms with Crippen molar-refractivity contribution < 1.29 is 32.2 Å². The summed E-state index contributed by atoms with van der Waals surface area (Å²) in [6.07, 6.45) is -3.22. The van der Waals surface area contributed by atoms with Gasteiger partial charge in [-0.25, -0.2) is 4.68 Å². The van der Waals surface area contributed by atoms with Gasteiger partial charge in [0, 0.05) is 13.1 Å². The lowest BCUT2D eigenvalue weighted by Crippen LogP contribution is -2.33. The molecule has 0 saturated heterocycles. The summed E-state index contributed by atoms with van der Waals surface area (Å²) in [4.78, 5) is 26.4. The van der Waals surface area contributed by atoms with E-state index in [2.05, 4.69) is 9.84 Å². The van der Waals surface area contributed by atoms with Crippen molar-refractivity contribution >= 4 is 11.9 Å². The molecule has 2 aromatic carbocycles. The Bertz CT molecular complexity index is 1110. The van der Waals surface area contributed by atoms with Gasteiger partial charge in [0.2, 0.25) is 0 Å². The maximum Gasteiger partial charge on any atom is 0.416 e. The summed E-state index contributed by atoms with van der Waals surface area (Å²) >= 11 is 0. The highest BCUT2D eigenvalue weighted by Crippen LogP contribution is 2.31. The maximum atomic E-state index is 13.3. The molecule has 0 fully saturated rings. The fourth-order valence-electron chi connectivity index (χ4n) is 3.15. The van der Waals surface area contributed by atoms with Crippen molar-refractivity contribution in [2.75, 3.05) is 20.8 Å². The molecule has 7 nitrogen and oxygen atoms in total. The predicted octanol–water partition coefficient (Wildman–Crippen LogP) is 4.11. The Kier molecular flexibility index (Phi) is 7.37. The molecule has 0 saturated carbocycles. The van der Waals surface area contributed by atoms with E-state index in [1.807, 2.05) is 30.3 Å². The zero-order valence-corrected chi connectivity index (χ0v) is 18.0. The van der Waals surface area contributed by atoms with Gasteiger partial charge in [0.15, 0.2) is 11.4 Å². The van der Waals surface area contributed by atoms with Crippen LogP contribution in [0.4, 0.5) is 13.2 Å². The molecule has 0 N–H and O–H groups in total. The average Bonchev–Trinajstić information content (AvgIpc) is 3.26. The monoisotopic (exact) mass is 461 g/mol. The van der Waals surface area contributed by atoms with E-state index in [9.17, 15) is 22.8 Å². The zero-order valence-electron chi connectivity index (χ0n) is 18.0. The summed E-state index contributed by atoms with van der Waals surface area (Å²) in [5.74, 6) is -0.929. The quantitative estimate of drug-likeness (QED) is 0.472. The van der Waals surface area contributed by atoms with Gasteiger partial charge in [-0.05, 0) is 23.8 Å². The number of ether oxygens (including phenoxy) is 2. The van der Waals surface area contributed by atoms with Gasteiger partial charge in [0.1, 0.15) is 0 Å². The zero-order chi connectivity index (χ0) is 24.0. The number of nitrogens with zero attached hydrogens (tertiary/aromatic N) is 3. The van der Waals surface area contributed by atoms with Crippen molar-refractivity contribution in [3.8, 4) is 11.4 Å². The summed E-state index contributed by atoms with van der Waals surface area (Å²) in [7, 11) is 2.59. The van der Waals surface area contributed by atoms with E-state index in [-0.39, 0.29) is 36.6 Å². The number of carbonyl (C=O) groups excluding carboxylic acids is 2. The maximum absolute atomic E-state index is 13.3. The van der Waals surface area contributed by atoms with Gasteiger partial charge in [-0.15, -0.1) is 0 Å². The molecule has 1 heterocycles. The number of hydrogen-bond donors (Lipinski definition) is 0. The van der Waals surface area contributed by atoms with Crippen molar-refractivity contribution in [2.24, 2.45) is 0 Å². The summed E-state index contributed by atoms with van der Waals surface area (Å²) in [6, 6.07) is 13.7. The molecular weight excluding hydrogens is 439 g/mol. The first-order valence-corrected chi connectivity index (χ1v) is 9.94. The van der Waals surface area contributed by atoms with Crippen LogP contribution in [0.1, 0.15) is 28.0 Å². The third-order valence-electron chi connectivity index (χ3n) is 4.86. The van der Waals surface area contributed by atoms with Gasteiger partial charge in [-0.1, -0.05) is 36.4 Å². The van der Waals surface area contributed by atoms with Crippen LogP contribution in [0.15, 0.2) is 60.8 Å². The van der Waals surface area contributed by atoms with Crippen molar-refractivity contribution in [1.82, 2.24) is 14.7 Å². The minimum absolute atomic E-state index is 0.0360. The first-order valence-electron chi connectivity index (χ1n) is 9.94. The molecule has 10 heteroatoms. The van der Waals surface area contributed by atoms with Crippen molar-refractivity contribution in [2.45, 2.75) is 19.1 Å². The van der Waals surface area contributed by atoms with Crippen LogP contribution >= 0.6 is 0 Å². The topological polar surface area (TPSA) is 73.7 Å². The molecule has 3 aromatic rings. The van der Waals surface area contributed by atoms with Crippen LogP contribution in [0, 0.1) is 0 Å². The average molecular weight is 461 g/mol. The van der Waals surface area contributed by atoms with E-state index in [1.165, 1.54) is 37.4 Å². The van der Waals surface area contributed by atoms with E-state index in [4.69, 9.17) is 4.74 Å². The second kappa shape index (κ2) is 10.2. The van der Waals surface area contributed by atoms with Crippen LogP contribution in [0.25, 0.3) is 5.69 Å². The molecule has 0 unspecified atom stereocenters. The number of methoxy groups -OCH3 is 2. The smallest absolute Gasteiger partial charge is 0.416 e. The predicted molar refractivity (Wildman–Crippen MR) is 113 cm³/mol. The number of esters is 1. The first-order chi connectivity index (χ1) is 15.7. The number of hydrogen-bond acceptors (Lipinski definition) is 5. The Balaban J connectivity index is 1.94. The Labute approximate surface area is 188 Å². The van der Waals surface area contributed by atoms with E-state index in [1.54, 1.807) is 0 Å². The number of halogens is 3. The van der Waals surface area contributed by atoms with E-state index >= 15 is 0 Å². The van der Waals surface area contributed by atoms with Crippen LogP contribution in [-0.4, -0.2) is 47.3 Å². The molecule has 174 valence electrons. The number of benzene rings is 2. The SMILES string of the molecule is COC(=O)CCN(Cc1ccccc1)C(=O)c1nn(-c2cccc(C(F)(F)F)c2)cc1OC. The number of carbonyl (C=O) groups is 2. The Morgan fingerprint density at radius 2 is 1.79 bits per heavy atom. The molecule has 0 aliphatic carbocycles. The molecule has 0 bridgehead atoms. The molecule has 0 aliphatic rings. The Morgan fingerprint density at radius 1 is 1.06 bits per heavy atom. The molecule has 3 rings (SSSR count). The highest BCUT2D eigenvalue weighted by atomic mass is 19.4. The van der Waals surface area contributed by atoms with E-state index in [0.29, 0.717) is 0 Å². The third-order valence-corrected chi connectivity index (χ3v) is 4.86. The van der Waals surface area contributed by atoms with Gasteiger partial charge in [0.05, 0.1) is 38.1 Å². The summed E-state index contributed by atoms with van der Waals surface area (Å²) in [5.41, 5.74) is 0.0140. The molecule has 33 heavy (non-hydrogen) atoms. The van der Waals surface area contributed by atoms with Crippen molar-refractivity contribution in [3.63, 3.8) is 0 Å². The van der Waals surface area contributed by atoms with Gasteiger partial charge in [-0.2, -0.15) is 18.3 Å². The highest BCUT2D eigenvalue weighted by Gasteiger charge is 2.31. The molecule has 0 radical (unpaired) electrons. The fourth-order valence-corrected chi connectivity index (χ4v) is 3.15. The lowest BCUT2D eigenvalue weighted by molar-refractivity contribution is -0.141. The first kappa shape index (κ1) is 23.8. The molecule has 0 atom stereocenters. The number of aromatic nitrogens is 2. The lowest BCUT2D eigenvalue weighted by atomic mass is 10.2. The molecule has 0 aliphatic heterocycles. The van der Waals surface area contributed by atoms with Gasteiger partial charge in [-0.3, -0.25) is 9.59 Å². The van der Waals surface area contributed by atoms with Crippen LogP contribution in [0.3, 0.4) is 0 Å². The molecule has 0 spiro atoms. The van der Waals surface area contributed by atoms with Crippen molar-refractivity contribution in [3.05, 3.63) is 77.6 Å². The normalized spacial score (nSPS) is 11.2. The van der Waals surface area contributed by atoms with E-state index in [0.717, 1.165) is 22.4 Å². The largest absolute Gasteiger partial charge is 0.493 e. The van der Waals surface area contributed by atoms with Gasteiger partial charge in [0.25, 0.3) is 5.91 Å². The minimum atomic E-state index is -4.52. The van der Waals surface area contributed by atoms with Crippen molar-refractivity contribution in [1.29, 1.82) is 0 Å². The van der Waals surface area contributed by atoms with Crippen LogP contribution in [-0.2, 0) is 22.3 Å². The Hall–Kier alpha value is -3.82. The van der Waals surface area contributed by atoms with Gasteiger partial charge < -0.3 is 14.4 Å². The molecule has 1 amide bonds. The summed E-state index contributed by atoms with van der Waals surface area (Å²) < 4.78 is 50.4. The lowest BCUT2D eigenvalue weighted by Gasteiger charge is -2.22. The second-order valence-electron chi connectivity index (χ2n) is 7.08. The van der Waals surface area contributed by atoms with Crippen LogP contribution in [0.2, 0.25) is 0 Å². The third kappa shape index (κ3) is 5.91. The number of rotatable bonds is 8. The van der Waals surface area contributed by atoms with Gasteiger partial charge >= 0.3 is 12.1 Å². The second-order valence-corrected chi connectivity index (χ2v) is 7.08. The van der Waals surface area contributed by atoms with E-state index < -0.39 is 23.6 Å².